The van der Waals surface area contributed by atoms with Gasteiger partial charge in [-0.25, -0.2) is 43.9 Å². The van der Waals surface area contributed by atoms with Gasteiger partial charge in [0.05, 0.1) is 0 Å². The van der Waals surface area contributed by atoms with Crippen molar-refractivity contribution in [3.8, 4) is 0 Å². The number of hydrogen-bond donors (Lipinski definition) is 0. The van der Waals surface area contributed by atoms with Crippen LogP contribution in [0.5, 0.6) is 0 Å². The molecule has 1 atom stereocenters. The first kappa shape index (κ1) is 39.6. The predicted molar refractivity (Wildman–Crippen MR) is 176 cm³/mol. The summed E-state index contributed by atoms with van der Waals surface area (Å²) in [5.41, 5.74) is -3.73. The van der Waals surface area contributed by atoms with Crippen molar-refractivity contribution in [1.82, 2.24) is 0 Å². The van der Waals surface area contributed by atoms with Crippen molar-refractivity contribution in [3.63, 3.8) is 0 Å². The Balaban J connectivity index is 2.69. The fourth-order valence-corrected chi connectivity index (χ4v) is 7.79. The monoisotopic (exact) mass is 704 g/mol. The molecule has 0 aliphatic heterocycles. The van der Waals surface area contributed by atoms with E-state index in [4.69, 9.17) is 0 Å². The minimum atomic E-state index is -2.63. The van der Waals surface area contributed by atoms with Crippen LogP contribution in [0.3, 0.4) is 0 Å². The number of allylic oxidation sites excluding steroid dienone is 1. The summed E-state index contributed by atoms with van der Waals surface area (Å²) in [5.74, 6) is -24.7. The van der Waals surface area contributed by atoms with Gasteiger partial charge in [-0.15, -0.1) is 0 Å². The highest BCUT2D eigenvalue weighted by Crippen LogP contribution is 2.41. The average Bonchev–Trinajstić information content (AvgIpc) is 2.93. The van der Waals surface area contributed by atoms with Gasteiger partial charge in [-0.1, -0.05) is 115 Å². The lowest BCUT2D eigenvalue weighted by molar-refractivity contribution is 0.382. The van der Waals surface area contributed by atoms with Crippen molar-refractivity contribution < 1.29 is 43.9 Å². The third kappa shape index (κ3) is 7.66. The minimum absolute atomic E-state index is 0.312. The van der Waals surface area contributed by atoms with Gasteiger partial charge in [-0.05, 0) is 43.7 Å². The van der Waals surface area contributed by atoms with Gasteiger partial charge in [0.15, 0.2) is 58.2 Å². The molecule has 48 heavy (non-hydrogen) atoms. The van der Waals surface area contributed by atoms with Gasteiger partial charge >= 0.3 is 0 Å². The molecule has 0 aliphatic carbocycles. The molecular formula is C36H40BF10P. The lowest BCUT2D eigenvalue weighted by atomic mass is 9.39. The molecule has 0 aromatic heterocycles. The summed E-state index contributed by atoms with van der Waals surface area (Å²) in [4.78, 5) is 0. The van der Waals surface area contributed by atoms with Crippen LogP contribution in [0.1, 0.15) is 99.8 Å². The molecule has 0 radical (unpaired) electrons. The maximum atomic E-state index is 15.7. The normalized spacial score (nSPS) is 13.7. The lowest BCUT2D eigenvalue weighted by Crippen LogP contribution is -2.52. The summed E-state index contributed by atoms with van der Waals surface area (Å²) >= 11 is 0. The molecule has 3 aromatic rings. The Labute approximate surface area is 278 Å². The predicted octanol–water partition coefficient (Wildman–Crippen LogP) is 10.1. The van der Waals surface area contributed by atoms with E-state index in [9.17, 15) is 26.3 Å². The topological polar surface area (TPSA) is 0 Å². The van der Waals surface area contributed by atoms with E-state index in [0.717, 1.165) is 5.56 Å². The van der Waals surface area contributed by atoms with Crippen molar-refractivity contribution in [3.05, 3.63) is 98.3 Å². The SMILES string of the molecule is CC(C)(C)/C=C(\Pc1c(C(C)(C)C)cc(C(C)(C)C)cc1C(C)(C)C)B(c1c(F)c(F)c(F)c(F)c1F)c1c(F)c(F)c(F)c(F)c1F. The van der Waals surface area contributed by atoms with Gasteiger partial charge in [0.2, 0.25) is 0 Å². The van der Waals surface area contributed by atoms with Crippen LogP contribution in [0, 0.1) is 63.6 Å². The van der Waals surface area contributed by atoms with Gasteiger partial charge < -0.3 is 0 Å². The zero-order valence-corrected chi connectivity index (χ0v) is 30.1. The van der Waals surface area contributed by atoms with Crippen LogP contribution in [0.15, 0.2) is 23.4 Å². The van der Waals surface area contributed by atoms with E-state index in [0.29, 0.717) is 16.4 Å². The van der Waals surface area contributed by atoms with E-state index in [1.807, 2.05) is 74.4 Å². The van der Waals surface area contributed by atoms with E-state index >= 15 is 17.6 Å². The molecule has 0 nitrogen and oxygen atoms in total. The fourth-order valence-electron chi connectivity index (χ4n) is 5.40. The molecule has 262 valence electrons. The Bertz CT molecular complexity index is 1620. The zero-order chi connectivity index (χ0) is 37.2. The molecule has 0 spiro atoms. The molecule has 12 heteroatoms. The Morgan fingerprint density at radius 2 is 0.771 bits per heavy atom. The molecule has 0 N–H and O–H groups in total. The molecule has 0 bridgehead atoms. The summed E-state index contributed by atoms with van der Waals surface area (Å²) in [6.45, 7) is 19.5. The quantitative estimate of drug-likeness (QED) is 0.0816. The second-order valence-electron chi connectivity index (χ2n) is 16.2. The second-order valence-corrected chi connectivity index (χ2v) is 17.5. The van der Waals surface area contributed by atoms with Crippen LogP contribution >= 0.6 is 8.58 Å². The van der Waals surface area contributed by atoms with Gasteiger partial charge in [0.25, 0.3) is 6.71 Å². The highest BCUT2D eigenvalue weighted by molar-refractivity contribution is 7.56. The molecule has 0 fully saturated rings. The van der Waals surface area contributed by atoms with Crippen LogP contribution in [0.25, 0.3) is 0 Å². The smallest absolute Gasteiger partial charge is 0.204 e. The van der Waals surface area contributed by atoms with Gasteiger partial charge in [-0.2, -0.15) is 0 Å². The van der Waals surface area contributed by atoms with E-state index < -0.39 is 101 Å². The number of halogens is 10. The van der Waals surface area contributed by atoms with E-state index in [-0.39, 0.29) is 10.6 Å². The third-order valence-corrected chi connectivity index (χ3v) is 9.36. The second kappa shape index (κ2) is 13.1. The Morgan fingerprint density at radius 3 is 1.02 bits per heavy atom. The number of hydrogen-bond acceptors (Lipinski definition) is 0. The molecule has 0 saturated carbocycles. The van der Waals surface area contributed by atoms with Crippen molar-refractivity contribution in [2.75, 3.05) is 0 Å². The molecule has 1 unspecified atom stereocenters. The highest BCUT2D eigenvalue weighted by atomic mass is 31.1. The average molecular weight is 704 g/mol. The van der Waals surface area contributed by atoms with Crippen molar-refractivity contribution in [2.24, 2.45) is 5.41 Å². The summed E-state index contributed by atoms with van der Waals surface area (Å²) in [5, 5.41) is 0.227. The molecule has 0 heterocycles. The highest BCUT2D eigenvalue weighted by Gasteiger charge is 2.43. The van der Waals surface area contributed by atoms with E-state index in [1.54, 1.807) is 20.8 Å². The zero-order valence-electron chi connectivity index (χ0n) is 29.1. The molecular weight excluding hydrogens is 664 g/mol. The Kier molecular flexibility index (Phi) is 10.9. The van der Waals surface area contributed by atoms with Gasteiger partial charge in [-0.3, -0.25) is 0 Å². The van der Waals surface area contributed by atoms with Gasteiger partial charge in [0, 0.05) is 10.9 Å². The maximum Gasteiger partial charge on any atom is 0.257 e. The third-order valence-electron chi connectivity index (χ3n) is 7.85. The molecule has 0 saturated heterocycles. The van der Waals surface area contributed by atoms with Crippen LogP contribution in [-0.2, 0) is 16.2 Å². The first-order chi connectivity index (χ1) is 21.5. The van der Waals surface area contributed by atoms with E-state index in [1.165, 1.54) is 6.08 Å². The summed E-state index contributed by atoms with van der Waals surface area (Å²) in [7, 11) is -0.791. The standard InChI is InChI=1S/C36H40BF10P/c1-33(2,3)15-19(48-32-17(35(7,8)9)13-16(34(4,5)6)14-18(32)36(10,11)12)37(20-22(38)26(42)30(46)27(43)23(20)39)21-24(40)28(44)31(47)29(45)25(21)41/h13-15,48H,1-12H3/b19-15-. The summed E-state index contributed by atoms with van der Waals surface area (Å²) < 4.78 is 150. The fraction of sp³-hybridized carbons (Fsp3) is 0.444. The Hall–Kier alpha value is -2.81. The maximum absolute atomic E-state index is 15.7. The van der Waals surface area contributed by atoms with Crippen LogP contribution in [-0.4, -0.2) is 6.71 Å². The lowest BCUT2D eigenvalue weighted by Gasteiger charge is -2.35. The largest absolute Gasteiger partial charge is 0.257 e. The van der Waals surface area contributed by atoms with Crippen LogP contribution < -0.4 is 16.2 Å². The molecule has 3 aromatic carbocycles. The summed E-state index contributed by atoms with van der Waals surface area (Å²) in [6, 6.07) is 3.86. The first-order valence-corrected chi connectivity index (χ1v) is 16.2. The first-order valence-electron chi connectivity index (χ1n) is 15.2. The Morgan fingerprint density at radius 1 is 0.479 bits per heavy atom. The van der Waals surface area contributed by atoms with Crippen LogP contribution in [0.4, 0.5) is 43.9 Å². The van der Waals surface area contributed by atoms with Crippen molar-refractivity contribution >= 4 is 31.5 Å². The number of benzene rings is 3. The minimum Gasteiger partial charge on any atom is -0.204 e. The van der Waals surface area contributed by atoms with Crippen molar-refractivity contribution in [2.45, 2.75) is 99.3 Å². The molecule has 3 rings (SSSR count). The van der Waals surface area contributed by atoms with E-state index in [2.05, 4.69) is 0 Å². The molecule has 0 aliphatic rings. The van der Waals surface area contributed by atoms with Gasteiger partial charge in [0.1, 0.15) is 0 Å². The summed E-state index contributed by atoms with van der Waals surface area (Å²) in [6.07, 6.45) is 1.32. The molecule has 0 amide bonds. The van der Waals surface area contributed by atoms with Crippen LogP contribution in [0.2, 0.25) is 0 Å². The van der Waals surface area contributed by atoms with Crippen molar-refractivity contribution in [1.29, 1.82) is 0 Å². The number of rotatable bonds is 5.